The van der Waals surface area contributed by atoms with Crippen molar-refractivity contribution in [3.05, 3.63) is 24.3 Å². The number of nitrogen functional groups attached to an aromatic ring is 1. The molecule has 5 nitrogen and oxygen atoms in total. The van der Waals surface area contributed by atoms with E-state index in [0.717, 1.165) is 19.4 Å². The van der Waals surface area contributed by atoms with Gasteiger partial charge < -0.3 is 20.5 Å². The third-order valence-corrected chi connectivity index (χ3v) is 3.07. The van der Waals surface area contributed by atoms with E-state index < -0.39 is 6.10 Å². The number of hydrogen-bond acceptors (Lipinski definition) is 4. The maximum atomic E-state index is 11.9. The van der Waals surface area contributed by atoms with E-state index in [9.17, 15) is 4.79 Å². The van der Waals surface area contributed by atoms with Gasteiger partial charge in [-0.15, -0.1) is 0 Å². The normalized spacial score (nSPS) is 19.9. The van der Waals surface area contributed by atoms with Crippen LogP contribution < -0.4 is 15.8 Å². The molecule has 1 amide bonds. The van der Waals surface area contributed by atoms with Crippen molar-refractivity contribution < 1.29 is 14.3 Å². The maximum absolute atomic E-state index is 11.9. The minimum absolute atomic E-state index is 0.141. The predicted octanol–water partition coefficient (Wildman–Crippen LogP) is 1.33. The van der Waals surface area contributed by atoms with Crippen molar-refractivity contribution in [1.82, 2.24) is 5.32 Å². The van der Waals surface area contributed by atoms with Crippen molar-refractivity contribution in [2.45, 2.75) is 32.0 Å². The molecule has 0 radical (unpaired) electrons. The monoisotopic (exact) mass is 264 g/mol. The molecule has 1 heterocycles. The Morgan fingerprint density at radius 2 is 2.47 bits per heavy atom. The minimum atomic E-state index is -0.553. The Bertz CT molecular complexity index is 430. The fourth-order valence-electron chi connectivity index (χ4n) is 2.01. The van der Waals surface area contributed by atoms with Crippen LogP contribution in [0.4, 0.5) is 5.69 Å². The van der Waals surface area contributed by atoms with Gasteiger partial charge in [0.25, 0.3) is 5.91 Å². The Morgan fingerprint density at radius 1 is 1.63 bits per heavy atom. The van der Waals surface area contributed by atoms with Crippen molar-refractivity contribution >= 4 is 11.6 Å². The zero-order valence-electron chi connectivity index (χ0n) is 11.1. The van der Waals surface area contributed by atoms with Gasteiger partial charge in [0.2, 0.25) is 0 Å². The molecule has 1 aliphatic heterocycles. The smallest absolute Gasteiger partial charge is 0.260 e. The van der Waals surface area contributed by atoms with Crippen LogP contribution in [0.1, 0.15) is 19.8 Å². The summed E-state index contributed by atoms with van der Waals surface area (Å²) in [5, 5.41) is 2.84. The van der Waals surface area contributed by atoms with Crippen LogP contribution in [0.5, 0.6) is 5.75 Å². The van der Waals surface area contributed by atoms with Crippen LogP contribution in [0.3, 0.4) is 0 Å². The lowest BCUT2D eigenvalue weighted by molar-refractivity contribution is -0.127. The molecule has 1 aromatic carbocycles. The summed E-state index contributed by atoms with van der Waals surface area (Å²) < 4.78 is 11.0. The van der Waals surface area contributed by atoms with Gasteiger partial charge in [-0.05, 0) is 31.9 Å². The number of amides is 1. The molecular weight excluding hydrogens is 244 g/mol. The van der Waals surface area contributed by atoms with Crippen molar-refractivity contribution in [2.24, 2.45) is 0 Å². The van der Waals surface area contributed by atoms with Gasteiger partial charge in [-0.3, -0.25) is 4.79 Å². The molecule has 5 heteroatoms. The summed E-state index contributed by atoms with van der Waals surface area (Å²) in [5.41, 5.74) is 6.27. The lowest BCUT2D eigenvalue weighted by Gasteiger charge is -2.16. The third kappa shape index (κ3) is 4.13. The minimum Gasteiger partial charge on any atom is -0.481 e. The van der Waals surface area contributed by atoms with E-state index in [2.05, 4.69) is 5.32 Å². The summed E-state index contributed by atoms with van der Waals surface area (Å²) in [6.07, 6.45) is 1.66. The molecule has 1 fully saturated rings. The second kappa shape index (κ2) is 6.43. The molecule has 0 spiro atoms. The topological polar surface area (TPSA) is 73.6 Å². The number of carbonyl (C=O) groups excluding carboxylic acids is 1. The quantitative estimate of drug-likeness (QED) is 0.787. The number of carbonyl (C=O) groups is 1. The van der Waals surface area contributed by atoms with Gasteiger partial charge in [0.05, 0.1) is 6.10 Å². The van der Waals surface area contributed by atoms with Crippen LogP contribution >= 0.6 is 0 Å². The van der Waals surface area contributed by atoms with E-state index in [0.29, 0.717) is 18.0 Å². The van der Waals surface area contributed by atoms with Gasteiger partial charge in [-0.2, -0.15) is 0 Å². The number of rotatable bonds is 5. The molecule has 1 saturated heterocycles. The maximum Gasteiger partial charge on any atom is 0.260 e. The van der Waals surface area contributed by atoms with E-state index >= 15 is 0 Å². The highest BCUT2D eigenvalue weighted by Crippen LogP contribution is 2.16. The van der Waals surface area contributed by atoms with Gasteiger partial charge in [-0.1, -0.05) is 6.07 Å². The molecule has 0 bridgehead atoms. The van der Waals surface area contributed by atoms with Crippen LogP contribution in [0.25, 0.3) is 0 Å². The van der Waals surface area contributed by atoms with Crippen LogP contribution in [0.15, 0.2) is 24.3 Å². The summed E-state index contributed by atoms with van der Waals surface area (Å²) in [6.45, 7) is 3.05. The summed E-state index contributed by atoms with van der Waals surface area (Å²) >= 11 is 0. The van der Waals surface area contributed by atoms with E-state index in [1.807, 2.05) is 0 Å². The van der Waals surface area contributed by atoms with Crippen LogP contribution in [-0.2, 0) is 9.53 Å². The molecule has 0 unspecified atom stereocenters. The third-order valence-electron chi connectivity index (χ3n) is 3.07. The second-order valence-electron chi connectivity index (χ2n) is 4.71. The first-order chi connectivity index (χ1) is 9.15. The first kappa shape index (κ1) is 13.7. The average molecular weight is 264 g/mol. The van der Waals surface area contributed by atoms with Gasteiger partial charge in [0.15, 0.2) is 6.10 Å². The number of benzene rings is 1. The summed E-state index contributed by atoms with van der Waals surface area (Å²) in [4.78, 5) is 11.9. The molecular formula is C14H20N2O3. The Balaban J connectivity index is 1.78. The second-order valence-corrected chi connectivity index (χ2v) is 4.71. The van der Waals surface area contributed by atoms with Crippen molar-refractivity contribution in [3.8, 4) is 5.75 Å². The van der Waals surface area contributed by atoms with Crippen LogP contribution in [-0.4, -0.2) is 31.3 Å². The van der Waals surface area contributed by atoms with E-state index in [1.54, 1.807) is 31.2 Å². The molecule has 2 rings (SSSR count). The first-order valence-electron chi connectivity index (χ1n) is 6.56. The first-order valence-corrected chi connectivity index (χ1v) is 6.56. The summed E-state index contributed by atoms with van der Waals surface area (Å²) in [5.74, 6) is 0.456. The van der Waals surface area contributed by atoms with Gasteiger partial charge in [-0.25, -0.2) is 0 Å². The Kier molecular flexibility index (Phi) is 4.63. The molecule has 1 aliphatic rings. The van der Waals surface area contributed by atoms with Crippen LogP contribution in [0, 0.1) is 0 Å². The highest BCUT2D eigenvalue weighted by Gasteiger charge is 2.19. The lowest BCUT2D eigenvalue weighted by Crippen LogP contribution is -2.40. The summed E-state index contributed by atoms with van der Waals surface area (Å²) in [6, 6.07) is 7.04. The van der Waals surface area contributed by atoms with E-state index in [4.69, 9.17) is 15.2 Å². The SMILES string of the molecule is C[C@H](Oc1cccc(N)c1)C(=O)NC[C@H]1CCCO1. The standard InChI is InChI=1S/C14H20N2O3/c1-10(19-12-5-2-4-11(15)8-12)14(17)16-9-13-6-3-7-18-13/h2,4-5,8,10,13H,3,6-7,9,15H2,1H3,(H,16,17)/t10-,13+/m0/s1. The fraction of sp³-hybridized carbons (Fsp3) is 0.500. The molecule has 2 atom stereocenters. The van der Waals surface area contributed by atoms with Crippen molar-refractivity contribution in [3.63, 3.8) is 0 Å². The van der Waals surface area contributed by atoms with E-state index in [1.165, 1.54) is 0 Å². The molecule has 0 aromatic heterocycles. The molecule has 104 valence electrons. The number of anilines is 1. The number of nitrogens with two attached hydrogens (primary N) is 1. The van der Waals surface area contributed by atoms with Crippen LogP contribution in [0.2, 0.25) is 0 Å². The predicted molar refractivity (Wildman–Crippen MR) is 72.9 cm³/mol. The highest BCUT2D eigenvalue weighted by molar-refractivity contribution is 5.80. The summed E-state index contributed by atoms with van der Waals surface area (Å²) in [7, 11) is 0. The molecule has 3 N–H and O–H groups in total. The lowest BCUT2D eigenvalue weighted by atomic mass is 10.2. The Labute approximate surface area is 113 Å². The number of nitrogens with one attached hydrogen (secondary N) is 1. The molecule has 19 heavy (non-hydrogen) atoms. The zero-order valence-corrected chi connectivity index (χ0v) is 11.1. The number of ether oxygens (including phenoxy) is 2. The fourth-order valence-corrected chi connectivity index (χ4v) is 2.01. The Morgan fingerprint density at radius 3 is 3.16 bits per heavy atom. The van der Waals surface area contributed by atoms with Gasteiger partial charge in [0.1, 0.15) is 5.75 Å². The van der Waals surface area contributed by atoms with E-state index in [-0.39, 0.29) is 12.0 Å². The zero-order chi connectivity index (χ0) is 13.7. The van der Waals surface area contributed by atoms with Gasteiger partial charge >= 0.3 is 0 Å². The van der Waals surface area contributed by atoms with Crippen molar-refractivity contribution in [2.75, 3.05) is 18.9 Å². The average Bonchev–Trinajstić information content (AvgIpc) is 2.89. The Hall–Kier alpha value is -1.75. The molecule has 1 aromatic rings. The van der Waals surface area contributed by atoms with Gasteiger partial charge in [0, 0.05) is 24.9 Å². The highest BCUT2D eigenvalue weighted by atomic mass is 16.5. The molecule has 0 saturated carbocycles. The largest absolute Gasteiger partial charge is 0.481 e. The molecule has 0 aliphatic carbocycles. The van der Waals surface area contributed by atoms with Crippen molar-refractivity contribution in [1.29, 1.82) is 0 Å². The number of hydrogen-bond donors (Lipinski definition) is 2.